The third-order valence-corrected chi connectivity index (χ3v) is 7.52. The lowest BCUT2D eigenvalue weighted by Crippen LogP contribution is -2.36. The Morgan fingerprint density at radius 1 is 0.900 bits per heavy atom. The molecule has 0 amide bonds. The van der Waals surface area contributed by atoms with Gasteiger partial charge < -0.3 is 20.9 Å². The molecule has 0 fully saturated rings. The molecule has 3 aromatic rings. The Morgan fingerprint density at radius 3 is 2.15 bits per heavy atom. The fourth-order valence-electron chi connectivity index (χ4n) is 5.36. The number of anilines is 2. The van der Waals surface area contributed by atoms with Crippen molar-refractivity contribution in [3.63, 3.8) is 0 Å². The van der Waals surface area contributed by atoms with E-state index in [4.69, 9.17) is 10.5 Å². The molecular weight excluding hydrogens is 504 g/mol. The minimum Gasteiger partial charge on any atom is -0.507 e. The van der Waals surface area contributed by atoms with Gasteiger partial charge in [-0.05, 0) is 47.2 Å². The van der Waals surface area contributed by atoms with Crippen molar-refractivity contribution in [2.45, 2.75) is 58.4 Å². The Morgan fingerprint density at radius 2 is 1.52 bits per heavy atom. The number of hydrogen-bond donors (Lipinski definition) is 3. The summed E-state index contributed by atoms with van der Waals surface area (Å²) in [6.45, 7) is 11.9. The first-order valence-corrected chi connectivity index (χ1v) is 13.3. The predicted molar refractivity (Wildman–Crippen MR) is 156 cm³/mol. The molecule has 3 aromatic carbocycles. The summed E-state index contributed by atoms with van der Waals surface area (Å²) in [6, 6.07) is 12.8. The lowest BCUT2D eigenvalue weighted by atomic mass is 9.78. The molecule has 5 rings (SSSR count). The van der Waals surface area contributed by atoms with Gasteiger partial charge in [-0.25, -0.2) is 4.79 Å². The van der Waals surface area contributed by atoms with Gasteiger partial charge in [-0.15, -0.1) is 0 Å². The SMILES string of the molecule is CC(C)(C)c1cc(C(=O)Oc2cccc3c2NC(C2C(=O)c4ccc(N)cc4C2=O)C=C3)cc(C(C)(C)C)c1O. The van der Waals surface area contributed by atoms with Gasteiger partial charge in [0.15, 0.2) is 17.3 Å². The highest BCUT2D eigenvalue weighted by atomic mass is 16.5. The van der Waals surface area contributed by atoms with E-state index in [0.717, 1.165) is 5.56 Å². The average Bonchev–Trinajstić information content (AvgIpc) is 3.11. The van der Waals surface area contributed by atoms with E-state index in [-0.39, 0.29) is 23.1 Å². The zero-order chi connectivity index (χ0) is 29.1. The molecule has 0 aromatic heterocycles. The van der Waals surface area contributed by atoms with Gasteiger partial charge >= 0.3 is 5.97 Å². The fourth-order valence-corrected chi connectivity index (χ4v) is 5.36. The number of ether oxygens (including phenoxy) is 1. The van der Waals surface area contributed by atoms with Gasteiger partial charge in [0.2, 0.25) is 0 Å². The molecule has 2 aliphatic rings. The smallest absolute Gasteiger partial charge is 0.343 e. The molecule has 206 valence electrons. The van der Waals surface area contributed by atoms with Crippen LogP contribution < -0.4 is 15.8 Å². The monoisotopic (exact) mass is 538 g/mol. The van der Waals surface area contributed by atoms with Crippen molar-refractivity contribution < 1.29 is 24.2 Å². The summed E-state index contributed by atoms with van der Waals surface area (Å²) in [6.07, 6.45) is 3.61. The van der Waals surface area contributed by atoms with Crippen molar-refractivity contribution in [2.24, 2.45) is 5.92 Å². The number of nitrogens with one attached hydrogen (secondary N) is 1. The molecule has 40 heavy (non-hydrogen) atoms. The van der Waals surface area contributed by atoms with E-state index in [0.29, 0.717) is 39.2 Å². The number of phenolic OH excluding ortho intramolecular Hbond substituents is 1. The van der Waals surface area contributed by atoms with Crippen molar-refractivity contribution in [1.29, 1.82) is 0 Å². The summed E-state index contributed by atoms with van der Waals surface area (Å²) in [7, 11) is 0. The van der Waals surface area contributed by atoms with E-state index in [9.17, 15) is 19.5 Å². The van der Waals surface area contributed by atoms with Crippen molar-refractivity contribution in [2.75, 3.05) is 11.1 Å². The molecule has 0 saturated heterocycles. The second-order valence-electron chi connectivity index (χ2n) is 12.6. The van der Waals surface area contributed by atoms with Crippen molar-refractivity contribution in [3.05, 3.63) is 88.0 Å². The Labute approximate surface area is 234 Å². The van der Waals surface area contributed by atoms with Crippen LogP contribution in [-0.4, -0.2) is 28.7 Å². The summed E-state index contributed by atoms with van der Waals surface area (Å²) in [5.74, 6) is -1.63. The second kappa shape index (κ2) is 9.37. The van der Waals surface area contributed by atoms with Crippen LogP contribution in [0.1, 0.15) is 89.3 Å². The van der Waals surface area contributed by atoms with Crippen LogP contribution in [0.3, 0.4) is 0 Å². The van der Waals surface area contributed by atoms with Gasteiger partial charge in [0.05, 0.1) is 17.3 Å². The maximum absolute atomic E-state index is 13.5. The second-order valence-corrected chi connectivity index (χ2v) is 12.6. The minimum absolute atomic E-state index is 0.178. The number of Topliss-reactive ketones (excluding diaryl/α,β-unsaturated/α-hetero) is 2. The molecule has 4 N–H and O–H groups in total. The number of carbonyl (C=O) groups is 3. The van der Waals surface area contributed by atoms with Crippen LogP contribution in [0.25, 0.3) is 6.08 Å². The van der Waals surface area contributed by atoms with Gasteiger partial charge in [-0.2, -0.15) is 0 Å². The lowest BCUT2D eigenvalue weighted by Gasteiger charge is -2.28. The molecule has 0 bridgehead atoms. The van der Waals surface area contributed by atoms with Crippen molar-refractivity contribution >= 4 is 35.0 Å². The zero-order valence-electron chi connectivity index (χ0n) is 23.6. The van der Waals surface area contributed by atoms with Crippen LogP contribution in [0.5, 0.6) is 11.5 Å². The van der Waals surface area contributed by atoms with Gasteiger partial charge in [0, 0.05) is 33.5 Å². The van der Waals surface area contributed by atoms with Crippen LogP contribution in [0.4, 0.5) is 11.4 Å². The number of ketones is 2. The Bertz CT molecular complexity index is 1570. The highest BCUT2D eigenvalue weighted by Gasteiger charge is 2.43. The highest BCUT2D eigenvalue weighted by Crippen LogP contribution is 2.41. The van der Waals surface area contributed by atoms with Crippen LogP contribution in [-0.2, 0) is 10.8 Å². The summed E-state index contributed by atoms with van der Waals surface area (Å²) < 4.78 is 5.91. The summed E-state index contributed by atoms with van der Waals surface area (Å²) in [5, 5.41) is 14.3. The largest absolute Gasteiger partial charge is 0.507 e. The molecule has 0 spiro atoms. The molecular formula is C33H34N2O5. The highest BCUT2D eigenvalue weighted by molar-refractivity contribution is 6.27. The van der Waals surface area contributed by atoms with E-state index in [2.05, 4.69) is 5.32 Å². The first kappa shape index (κ1) is 27.2. The zero-order valence-corrected chi connectivity index (χ0v) is 23.6. The Kier molecular flexibility index (Phi) is 6.37. The van der Waals surface area contributed by atoms with Crippen LogP contribution in [0.2, 0.25) is 0 Å². The molecule has 0 radical (unpaired) electrons. The maximum Gasteiger partial charge on any atom is 0.343 e. The predicted octanol–water partition coefficient (Wildman–Crippen LogP) is 6.29. The number of esters is 1. The third kappa shape index (κ3) is 4.66. The number of benzene rings is 3. The summed E-state index contributed by atoms with van der Waals surface area (Å²) >= 11 is 0. The van der Waals surface area contributed by atoms with Gasteiger partial charge in [-0.1, -0.05) is 65.8 Å². The Hall–Kier alpha value is -4.39. The van der Waals surface area contributed by atoms with E-state index >= 15 is 0 Å². The first-order valence-electron chi connectivity index (χ1n) is 13.3. The summed E-state index contributed by atoms with van der Waals surface area (Å²) in [5.41, 5.74) is 9.06. The molecule has 1 aliphatic carbocycles. The van der Waals surface area contributed by atoms with E-state index < -0.39 is 28.8 Å². The number of hydrogen-bond acceptors (Lipinski definition) is 7. The molecule has 0 saturated carbocycles. The number of para-hydroxylation sites is 1. The molecule has 2 unspecified atom stereocenters. The first-order chi connectivity index (χ1) is 18.7. The molecule has 1 aliphatic heterocycles. The van der Waals surface area contributed by atoms with Gasteiger partial charge in [0.25, 0.3) is 0 Å². The quantitative estimate of drug-likeness (QED) is 0.155. The summed E-state index contributed by atoms with van der Waals surface area (Å²) in [4.78, 5) is 39.9. The van der Waals surface area contributed by atoms with Crippen LogP contribution >= 0.6 is 0 Å². The molecule has 7 nitrogen and oxygen atoms in total. The van der Waals surface area contributed by atoms with E-state index in [1.165, 1.54) is 0 Å². The van der Waals surface area contributed by atoms with Gasteiger partial charge in [-0.3, -0.25) is 9.59 Å². The minimum atomic E-state index is -0.953. The normalized spacial score (nSPS) is 18.2. The van der Waals surface area contributed by atoms with Crippen LogP contribution in [0, 0.1) is 5.92 Å². The molecule has 1 heterocycles. The molecule has 2 atom stereocenters. The molecule has 7 heteroatoms. The third-order valence-electron chi connectivity index (χ3n) is 7.52. The average molecular weight is 539 g/mol. The fraction of sp³-hybridized carbons (Fsp3) is 0.303. The maximum atomic E-state index is 13.5. The van der Waals surface area contributed by atoms with Crippen molar-refractivity contribution in [3.8, 4) is 11.5 Å². The number of fused-ring (bicyclic) bond motifs is 2. The topological polar surface area (TPSA) is 119 Å². The number of nitrogen functional groups attached to an aromatic ring is 1. The standard InChI is InChI=1S/C33H34N2O5/c1-32(2,3)22-14-18(15-23(30(22)38)33(4,5)6)31(39)40-25-9-7-8-17-10-13-24(35-27(17)25)26-28(36)20-12-11-19(34)16-21(20)29(26)37/h7-16,24,26,35,38H,34H2,1-6H3. The van der Waals surface area contributed by atoms with Crippen molar-refractivity contribution in [1.82, 2.24) is 0 Å². The number of aromatic hydroxyl groups is 1. The lowest BCUT2D eigenvalue weighted by molar-refractivity contribution is 0.0732. The number of phenols is 1. The number of rotatable bonds is 3. The van der Waals surface area contributed by atoms with Gasteiger partial charge in [0.1, 0.15) is 11.7 Å². The van der Waals surface area contributed by atoms with E-state index in [1.54, 1.807) is 48.5 Å². The Balaban J connectivity index is 1.47. The number of carbonyl (C=O) groups excluding carboxylic acids is 3. The number of nitrogens with two attached hydrogens (primary N) is 1. The van der Waals surface area contributed by atoms with Crippen LogP contribution in [0.15, 0.2) is 54.6 Å². The van der Waals surface area contributed by atoms with E-state index in [1.807, 2.05) is 53.7 Å².